The SMILES string of the molecule is CC(Nc1ncnc(N)c1C#N)c1nc2cccc(-c3ccc(=O)n(C)c3)c2c(=O)n1-c1ccccc1. The van der Waals surface area contributed by atoms with E-state index in [4.69, 9.17) is 10.7 Å². The van der Waals surface area contributed by atoms with Crippen LogP contribution < -0.4 is 22.2 Å². The van der Waals surface area contributed by atoms with Crippen molar-refractivity contribution in [2.24, 2.45) is 7.05 Å². The van der Waals surface area contributed by atoms with Crippen molar-refractivity contribution in [3.05, 3.63) is 105 Å². The number of aryl methyl sites for hydroxylation is 1. The number of hydrogen-bond acceptors (Lipinski definition) is 8. The van der Waals surface area contributed by atoms with Gasteiger partial charge in [0, 0.05) is 19.3 Å². The smallest absolute Gasteiger partial charge is 0.266 e. The zero-order valence-electron chi connectivity index (χ0n) is 20.1. The normalized spacial score (nSPS) is 11.7. The first-order valence-electron chi connectivity index (χ1n) is 11.4. The molecule has 2 aromatic carbocycles. The van der Waals surface area contributed by atoms with Gasteiger partial charge < -0.3 is 15.6 Å². The third kappa shape index (κ3) is 4.19. The Labute approximate surface area is 211 Å². The maximum Gasteiger partial charge on any atom is 0.266 e. The largest absolute Gasteiger partial charge is 0.382 e. The van der Waals surface area contributed by atoms with Gasteiger partial charge in [0.1, 0.15) is 35.4 Å². The van der Waals surface area contributed by atoms with E-state index in [-0.39, 0.29) is 28.3 Å². The molecule has 0 spiro atoms. The lowest BCUT2D eigenvalue weighted by molar-refractivity contribution is 0.730. The molecule has 1 atom stereocenters. The van der Waals surface area contributed by atoms with Crippen LogP contribution in [0.1, 0.15) is 24.4 Å². The molecule has 5 rings (SSSR count). The van der Waals surface area contributed by atoms with Crippen LogP contribution in [-0.2, 0) is 7.05 Å². The van der Waals surface area contributed by atoms with E-state index in [1.165, 1.54) is 17.0 Å². The van der Waals surface area contributed by atoms with Crippen molar-refractivity contribution in [2.45, 2.75) is 13.0 Å². The third-order valence-corrected chi connectivity index (χ3v) is 6.06. The molecule has 0 saturated carbocycles. The second-order valence-electron chi connectivity index (χ2n) is 8.47. The average molecular weight is 491 g/mol. The number of hydrogen-bond donors (Lipinski definition) is 2. The van der Waals surface area contributed by atoms with E-state index in [1.807, 2.05) is 55.5 Å². The van der Waals surface area contributed by atoms with Crippen molar-refractivity contribution in [1.29, 1.82) is 5.26 Å². The van der Waals surface area contributed by atoms with Crippen molar-refractivity contribution < 1.29 is 0 Å². The summed E-state index contributed by atoms with van der Waals surface area (Å²) in [6.07, 6.45) is 2.97. The molecule has 0 bridgehead atoms. The number of rotatable bonds is 5. The number of nitrogens with zero attached hydrogens (tertiary/aromatic N) is 6. The Morgan fingerprint density at radius 3 is 2.54 bits per heavy atom. The molecule has 3 heterocycles. The Kier molecular flexibility index (Phi) is 5.95. The van der Waals surface area contributed by atoms with E-state index in [0.29, 0.717) is 28.0 Å². The number of anilines is 2. The monoisotopic (exact) mass is 490 g/mol. The standard InChI is InChI=1S/C27H22N8O2/c1-16(32-25-20(13-28)24(29)30-15-31-25)26-33-21-10-6-9-19(17-11-12-22(36)34(2)14-17)23(21)27(37)35(26)18-7-4-3-5-8-18/h3-12,14-16H,1-2H3,(H3,29,30,31,32). The number of benzene rings is 2. The van der Waals surface area contributed by atoms with E-state index in [1.54, 1.807) is 29.9 Å². The zero-order chi connectivity index (χ0) is 26.1. The van der Waals surface area contributed by atoms with Crippen LogP contribution in [-0.4, -0.2) is 24.1 Å². The first-order chi connectivity index (χ1) is 17.9. The first kappa shape index (κ1) is 23.4. The predicted octanol–water partition coefficient (Wildman–Crippen LogP) is 3.17. The fourth-order valence-electron chi connectivity index (χ4n) is 4.25. The number of pyridine rings is 1. The van der Waals surface area contributed by atoms with Crippen LogP contribution in [0.4, 0.5) is 11.6 Å². The van der Waals surface area contributed by atoms with Crippen LogP contribution in [0.15, 0.2) is 82.8 Å². The van der Waals surface area contributed by atoms with Gasteiger partial charge in [0.25, 0.3) is 5.56 Å². The summed E-state index contributed by atoms with van der Waals surface area (Å²) < 4.78 is 3.01. The molecule has 0 amide bonds. The summed E-state index contributed by atoms with van der Waals surface area (Å²) in [6, 6.07) is 19.3. The van der Waals surface area contributed by atoms with E-state index in [2.05, 4.69) is 15.3 Å². The fourth-order valence-corrected chi connectivity index (χ4v) is 4.25. The summed E-state index contributed by atoms with van der Waals surface area (Å²) in [4.78, 5) is 39.0. The molecule has 182 valence electrons. The van der Waals surface area contributed by atoms with Crippen molar-refractivity contribution >= 4 is 22.5 Å². The summed E-state index contributed by atoms with van der Waals surface area (Å²) in [5.74, 6) is 0.721. The van der Waals surface area contributed by atoms with Gasteiger partial charge in [-0.2, -0.15) is 5.26 Å². The summed E-state index contributed by atoms with van der Waals surface area (Å²) in [5, 5.41) is 13.1. The minimum atomic E-state index is -0.542. The number of nitrogens with two attached hydrogens (primary N) is 1. The molecule has 10 nitrogen and oxygen atoms in total. The molecule has 0 aliphatic carbocycles. The quantitative estimate of drug-likeness (QED) is 0.382. The minimum absolute atomic E-state index is 0.0565. The Balaban J connectivity index is 1.76. The number of nitrogens with one attached hydrogen (secondary N) is 1. The summed E-state index contributed by atoms with van der Waals surface area (Å²) in [5.41, 5.74) is 8.06. The lowest BCUT2D eigenvalue weighted by Gasteiger charge is -2.21. The highest BCUT2D eigenvalue weighted by molar-refractivity contribution is 5.94. The predicted molar refractivity (Wildman–Crippen MR) is 141 cm³/mol. The third-order valence-electron chi connectivity index (χ3n) is 6.06. The van der Waals surface area contributed by atoms with Crippen LogP contribution in [0.25, 0.3) is 27.7 Å². The van der Waals surface area contributed by atoms with Gasteiger partial charge in [-0.1, -0.05) is 30.3 Å². The Morgan fingerprint density at radius 2 is 1.81 bits per heavy atom. The van der Waals surface area contributed by atoms with Crippen LogP contribution >= 0.6 is 0 Å². The van der Waals surface area contributed by atoms with Gasteiger partial charge in [0.05, 0.1) is 22.6 Å². The molecule has 3 N–H and O–H groups in total. The van der Waals surface area contributed by atoms with Crippen molar-refractivity contribution in [2.75, 3.05) is 11.1 Å². The first-order valence-corrected chi connectivity index (χ1v) is 11.4. The van der Waals surface area contributed by atoms with E-state index in [9.17, 15) is 14.9 Å². The molecular weight excluding hydrogens is 468 g/mol. The molecule has 0 aliphatic heterocycles. The molecule has 1 unspecified atom stereocenters. The van der Waals surface area contributed by atoms with Gasteiger partial charge in [-0.3, -0.25) is 14.2 Å². The Morgan fingerprint density at radius 1 is 1.03 bits per heavy atom. The maximum atomic E-state index is 14.2. The van der Waals surface area contributed by atoms with Gasteiger partial charge in [0.2, 0.25) is 5.56 Å². The lowest BCUT2D eigenvalue weighted by atomic mass is 10.0. The van der Waals surface area contributed by atoms with Gasteiger partial charge in [-0.15, -0.1) is 0 Å². The molecule has 10 heteroatoms. The second kappa shape index (κ2) is 9.39. The van der Waals surface area contributed by atoms with E-state index in [0.717, 1.165) is 5.56 Å². The van der Waals surface area contributed by atoms with E-state index < -0.39 is 6.04 Å². The van der Waals surface area contributed by atoms with Gasteiger partial charge >= 0.3 is 0 Å². The topological polar surface area (TPSA) is 145 Å². The molecule has 5 aromatic rings. The molecule has 0 radical (unpaired) electrons. The molecule has 37 heavy (non-hydrogen) atoms. The van der Waals surface area contributed by atoms with Gasteiger partial charge in [-0.05, 0) is 42.3 Å². The molecule has 0 aliphatic rings. The summed E-state index contributed by atoms with van der Waals surface area (Å²) >= 11 is 0. The molecule has 3 aromatic heterocycles. The highest BCUT2D eigenvalue weighted by Crippen LogP contribution is 2.28. The zero-order valence-corrected chi connectivity index (χ0v) is 20.1. The van der Waals surface area contributed by atoms with Crippen LogP contribution in [0.3, 0.4) is 0 Å². The molecule has 0 saturated heterocycles. The minimum Gasteiger partial charge on any atom is -0.382 e. The summed E-state index contributed by atoms with van der Waals surface area (Å²) in [6.45, 7) is 1.82. The number of nitriles is 1. The fraction of sp³-hybridized carbons (Fsp3) is 0.111. The number of nitrogen functional groups attached to an aromatic ring is 1. The Hall–Kier alpha value is -5.30. The summed E-state index contributed by atoms with van der Waals surface area (Å²) in [7, 11) is 1.66. The van der Waals surface area contributed by atoms with Crippen LogP contribution in [0.5, 0.6) is 0 Å². The van der Waals surface area contributed by atoms with Crippen molar-refractivity contribution in [3.8, 4) is 22.9 Å². The lowest BCUT2D eigenvalue weighted by Crippen LogP contribution is -2.28. The number of fused-ring (bicyclic) bond motifs is 1. The van der Waals surface area contributed by atoms with Crippen molar-refractivity contribution in [3.63, 3.8) is 0 Å². The number of para-hydroxylation sites is 1. The average Bonchev–Trinajstić information content (AvgIpc) is 2.90. The highest BCUT2D eigenvalue weighted by Gasteiger charge is 2.22. The highest BCUT2D eigenvalue weighted by atomic mass is 16.1. The molecule has 0 fully saturated rings. The maximum absolute atomic E-state index is 14.2. The van der Waals surface area contributed by atoms with Crippen molar-refractivity contribution in [1.82, 2.24) is 24.1 Å². The second-order valence-corrected chi connectivity index (χ2v) is 8.47. The number of aromatic nitrogens is 5. The van der Waals surface area contributed by atoms with E-state index >= 15 is 0 Å². The van der Waals surface area contributed by atoms with Gasteiger partial charge in [0.15, 0.2) is 0 Å². The van der Waals surface area contributed by atoms with Crippen LogP contribution in [0.2, 0.25) is 0 Å². The van der Waals surface area contributed by atoms with Crippen LogP contribution in [0, 0.1) is 11.3 Å². The van der Waals surface area contributed by atoms with Gasteiger partial charge in [-0.25, -0.2) is 15.0 Å². The Bertz CT molecular complexity index is 1800. The molecular formula is C27H22N8O2.